The van der Waals surface area contributed by atoms with Gasteiger partial charge in [0.1, 0.15) is 6.29 Å². The summed E-state index contributed by atoms with van der Waals surface area (Å²) in [4.78, 5) is 9.76. The molecule has 27 heavy (non-hydrogen) atoms. The molecule has 0 aromatic rings. The van der Waals surface area contributed by atoms with Crippen molar-refractivity contribution in [2.45, 2.75) is 138 Å². The molecule has 2 nitrogen and oxygen atoms in total. The van der Waals surface area contributed by atoms with Crippen molar-refractivity contribution in [2.75, 3.05) is 12.4 Å². The van der Waals surface area contributed by atoms with E-state index in [1.54, 1.807) is 0 Å². The van der Waals surface area contributed by atoms with Gasteiger partial charge in [-0.1, -0.05) is 115 Å². The predicted molar refractivity (Wildman–Crippen MR) is 129 cm³/mol. The molecule has 3 heteroatoms. The molecular formula is C24H53BrO2. The maximum Gasteiger partial charge on any atom is 0.119 e. The molecule has 0 spiro atoms. The maximum absolute atomic E-state index is 9.76. The zero-order valence-electron chi connectivity index (χ0n) is 20.0. The van der Waals surface area contributed by atoms with Crippen molar-refractivity contribution in [2.24, 2.45) is 0 Å². The summed E-state index contributed by atoms with van der Waals surface area (Å²) in [6, 6.07) is 0. The number of hydrogen-bond donors (Lipinski definition) is 0. The van der Waals surface area contributed by atoms with E-state index in [0.29, 0.717) is 6.10 Å². The fourth-order valence-electron chi connectivity index (χ4n) is 2.49. The van der Waals surface area contributed by atoms with E-state index in [4.69, 9.17) is 4.74 Å². The first-order valence-corrected chi connectivity index (χ1v) is 12.9. The van der Waals surface area contributed by atoms with Gasteiger partial charge in [-0.15, -0.1) is 0 Å². The van der Waals surface area contributed by atoms with Gasteiger partial charge in [0.2, 0.25) is 0 Å². The van der Waals surface area contributed by atoms with E-state index >= 15 is 0 Å². The van der Waals surface area contributed by atoms with Crippen molar-refractivity contribution in [3.63, 3.8) is 0 Å². The van der Waals surface area contributed by atoms with Crippen LogP contribution in [0.2, 0.25) is 0 Å². The van der Waals surface area contributed by atoms with E-state index in [1.807, 2.05) is 34.8 Å². The van der Waals surface area contributed by atoms with Crippen LogP contribution in [0.1, 0.15) is 131 Å². The average molecular weight is 454 g/mol. The molecule has 0 aliphatic carbocycles. The summed E-state index contributed by atoms with van der Waals surface area (Å²) in [7, 11) is 1.83. The summed E-state index contributed by atoms with van der Waals surface area (Å²) in [5, 5.41) is 1.06. The Hall–Kier alpha value is 0.110. The number of unbranched alkanes of at least 4 members (excludes halogenated alkanes) is 10. The van der Waals surface area contributed by atoms with Gasteiger partial charge in [0, 0.05) is 18.9 Å². The molecule has 0 N–H and O–H groups in total. The molecule has 0 aliphatic heterocycles. The van der Waals surface area contributed by atoms with Gasteiger partial charge in [-0.05, 0) is 25.7 Å². The summed E-state index contributed by atoms with van der Waals surface area (Å²) < 4.78 is 5.36. The number of alkyl halides is 1. The zero-order valence-corrected chi connectivity index (χ0v) is 21.5. The molecular weight excluding hydrogens is 400 g/mol. The highest BCUT2D eigenvalue weighted by Gasteiger charge is 2.02. The Bertz CT molecular complexity index is 207. The van der Waals surface area contributed by atoms with Gasteiger partial charge in [-0.2, -0.15) is 0 Å². The topological polar surface area (TPSA) is 26.3 Å². The lowest BCUT2D eigenvalue weighted by atomic mass is 10.0. The summed E-state index contributed by atoms with van der Waals surface area (Å²) in [6.45, 7) is 12.5. The Kier molecular flexibility index (Phi) is 52.2. The van der Waals surface area contributed by atoms with Gasteiger partial charge in [0.05, 0.1) is 6.10 Å². The largest absolute Gasteiger partial charge is 0.381 e. The third-order valence-electron chi connectivity index (χ3n) is 4.12. The van der Waals surface area contributed by atoms with Crippen LogP contribution in [0.25, 0.3) is 0 Å². The predicted octanol–water partition coefficient (Wildman–Crippen LogP) is 9.14. The molecule has 1 atom stereocenters. The number of carbonyl (C=O) groups is 1. The lowest BCUT2D eigenvalue weighted by molar-refractivity contribution is -0.107. The van der Waals surface area contributed by atoms with Crippen molar-refractivity contribution >= 4 is 22.2 Å². The van der Waals surface area contributed by atoms with Gasteiger partial charge in [-0.3, -0.25) is 0 Å². The van der Waals surface area contributed by atoms with Crippen LogP contribution in [0.15, 0.2) is 0 Å². The fraction of sp³-hybridized carbons (Fsp3) is 0.958. The third kappa shape index (κ3) is 41.6. The Morgan fingerprint density at radius 2 is 1.26 bits per heavy atom. The van der Waals surface area contributed by atoms with Crippen LogP contribution >= 0.6 is 15.9 Å². The maximum atomic E-state index is 9.76. The highest BCUT2D eigenvalue weighted by molar-refractivity contribution is 9.09. The average Bonchev–Trinajstić information content (AvgIpc) is 2.74. The molecule has 0 saturated carbocycles. The monoisotopic (exact) mass is 452 g/mol. The Morgan fingerprint density at radius 3 is 1.67 bits per heavy atom. The highest BCUT2D eigenvalue weighted by Crippen LogP contribution is 2.12. The smallest absolute Gasteiger partial charge is 0.119 e. The van der Waals surface area contributed by atoms with E-state index in [1.165, 1.54) is 70.6 Å². The number of halogens is 1. The standard InChI is InChI=1S/C14H30O.C6H11BrO.2C2H6/c1-4-6-7-8-9-10-11-12-13-14(5-2)15-3;7-5-3-1-2-4-6-8;2*1-2/h14H,4-13H2,1-3H3;6H,1-5H2;2*1-2H3. The Labute approximate surface area is 181 Å². The SMILES string of the molecule is CC.CC.CCCCCCCCCCC(CC)OC.O=CCCCCCBr. The van der Waals surface area contributed by atoms with E-state index in [0.717, 1.165) is 30.9 Å². The lowest BCUT2D eigenvalue weighted by Gasteiger charge is -2.12. The number of carbonyl (C=O) groups excluding carboxylic acids is 1. The van der Waals surface area contributed by atoms with Crippen LogP contribution in [0.4, 0.5) is 0 Å². The number of aldehydes is 1. The molecule has 0 radical (unpaired) electrons. The molecule has 0 bridgehead atoms. The minimum absolute atomic E-state index is 0.505. The van der Waals surface area contributed by atoms with Crippen molar-refractivity contribution in [1.82, 2.24) is 0 Å². The second kappa shape index (κ2) is 40.7. The number of rotatable bonds is 16. The molecule has 0 amide bonds. The Morgan fingerprint density at radius 1 is 0.778 bits per heavy atom. The molecule has 168 valence electrons. The molecule has 0 aliphatic rings. The number of ether oxygens (including phenoxy) is 1. The number of hydrogen-bond acceptors (Lipinski definition) is 2. The summed E-state index contributed by atoms with van der Waals surface area (Å²) in [5.74, 6) is 0. The quantitative estimate of drug-likeness (QED) is 0.132. The molecule has 0 fully saturated rings. The fourth-order valence-corrected chi connectivity index (χ4v) is 2.89. The first kappa shape index (κ1) is 34.6. The third-order valence-corrected chi connectivity index (χ3v) is 4.68. The minimum Gasteiger partial charge on any atom is -0.381 e. The van der Waals surface area contributed by atoms with Crippen LogP contribution in [0, 0.1) is 0 Å². The molecule has 0 aromatic carbocycles. The first-order valence-electron chi connectivity index (χ1n) is 11.8. The minimum atomic E-state index is 0.505. The first-order chi connectivity index (χ1) is 13.3. The van der Waals surface area contributed by atoms with E-state index in [9.17, 15) is 4.79 Å². The van der Waals surface area contributed by atoms with Gasteiger partial charge in [0.15, 0.2) is 0 Å². The van der Waals surface area contributed by atoms with Gasteiger partial charge < -0.3 is 9.53 Å². The van der Waals surface area contributed by atoms with E-state index in [2.05, 4.69) is 29.8 Å². The second-order valence-electron chi connectivity index (χ2n) is 6.23. The van der Waals surface area contributed by atoms with Crippen molar-refractivity contribution in [1.29, 1.82) is 0 Å². The van der Waals surface area contributed by atoms with Gasteiger partial charge in [0.25, 0.3) is 0 Å². The van der Waals surface area contributed by atoms with Crippen molar-refractivity contribution in [3.8, 4) is 0 Å². The molecule has 1 unspecified atom stereocenters. The van der Waals surface area contributed by atoms with Crippen molar-refractivity contribution < 1.29 is 9.53 Å². The number of methoxy groups -OCH3 is 1. The van der Waals surface area contributed by atoms with Gasteiger partial charge >= 0.3 is 0 Å². The lowest BCUT2D eigenvalue weighted by Crippen LogP contribution is -2.08. The summed E-state index contributed by atoms with van der Waals surface area (Å²) in [5.41, 5.74) is 0. The molecule has 0 rings (SSSR count). The Balaban J connectivity index is -0.000000186. The summed E-state index contributed by atoms with van der Waals surface area (Å²) >= 11 is 3.31. The molecule has 0 aromatic heterocycles. The van der Waals surface area contributed by atoms with Crippen LogP contribution in [0.3, 0.4) is 0 Å². The van der Waals surface area contributed by atoms with Crippen molar-refractivity contribution in [3.05, 3.63) is 0 Å². The van der Waals surface area contributed by atoms with Crippen LogP contribution in [-0.2, 0) is 9.53 Å². The molecule has 0 heterocycles. The van der Waals surface area contributed by atoms with Gasteiger partial charge in [-0.25, -0.2) is 0 Å². The van der Waals surface area contributed by atoms with E-state index in [-0.39, 0.29) is 0 Å². The van der Waals surface area contributed by atoms with E-state index < -0.39 is 0 Å². The molecule has 0 saturated heterocycles. The van der Waals surface area contributed by atoms with Crippen LogP contribution < -0.4 is 0 Å². The van der Waals surface area contributed by atoms with Crippen LogP contribution in [0.5, 0.6) is 0 Å². The van der Waals surface area contributed by atoms with Crippen LogP contribution in [-0.4, -0.2) is 24.8 Å². The second-order valence-corrected chi connectivity index (χ2v) is 7.03. The zero-order chi connectivity index (χ0) is 21.6. The highest BCUT2D eigenvalue weighted by atomic mass is 79.9. The summed E-state index contributed by atoms with van der Waals surface area (Å²) in [6.07, 6.45) is 19.3. The normalized spacial score (nSPS) is 10.4.